The third-order valence-corrected chi connectivity index (χ3v) is 4.54. The van der Waals surface area contributed by atoms with Crippen LogP contribution in [0.1, 0.15) is 11.1 Å². The van der Waals surface area contributed by atoms with Gasteiger partial charge in [-0.3, -0.25) is 0 Å². The number of sulfonamides is 1. The van der Waals surface area contributed by atoms with Gasteiger partial charge in [-0.1, -0.05) is 0 Å². The Labute approximate surface area is 127 Å². The number of hydrogen-bond donors (Lipinski definition) is 1. The van der Waals surface area contributed by atoms with E-state index in [9.17, 15) is 17.2 Å². The fourth-order valence-electron chi connectivity index (χ4n) is 1.95. The molecular weight excluding hydrogens is 312 g/mol. The van der Waals surface area contributed by atoms with E-state index >= 15 is 0 Å². The number of rotatable bonds is 5. The zero-order valence-electron chi connectivity index (χ0n) is 12.1. The van der Waals surface area contributed by atoms with E-state index in [0.29, 0.717) is 11.3 Å². The second kappa shape index (κ2) is 6.41. The first-order valence-electron chi connectivity index (χ1n) is 6.42. The second-order valence-electron chi connectivity index (χ2n) is 4.69. The van der Waals surface area contributed by atoms with Crippen LogP contribution in [0.5, 0.6) is 5.75 Å². The molecule has 0 radical (unpaired) electrons. The van der Waals surface area contributed by atoms with Crippen molar-refractivity contribution < 1.29 is 21.9 Å². The lowest BCUT2D eigenvalue weighted by atomic mass is 10.2. The van der Waals surface area contributed by atoms with Crippen molar-refractivity contribution >= 4 is 10.0 Å². The second-order valence-corrected chi connectivity index (χ2v) is 6.46. The molecule has 0 bridgehead atoms. The Balaban J connectivity index is 2.21. The lowest BCUT2D eigenvalue weighted by molar-refractivity contribution is 0.411. The Kier molecular flexibility index (Phi) is 4.77. The normalized spacial score (nSPS) is 11.5. The Bertz CT molecular complexity index is 791. The molecule has 0 unspecified atom stereocenters. The maximum absolute atomic E-state index is 13.5. The first-order chi connectivity index (χ1) is 10.3. The van der Waals surface area contributed by atoms with Crippen molar-refractivity contribution in [3.8, 4) is 5.75 Å². The van der Waals surface area contributed by atoms with Crippen molar-refractivity contribution in [2.75, 3.05) is 7.11 Å². The topological polar surface area (TPSA) is 55.4 Å². The maximum Gasteiger partial charge on any atom is 0.240 e. The van der Waals surface area contributed by atoms with Crippen LogP contribution >= 0.6 is 0 Å². The molecule has 0 aliphatic heterocycles. The zero-order chi connectivity index (χ0) is 16.3. The molecule has 7 heteroatoms. The fourth-order valence-corrected chi connectivity index (χ4v) is 3.04. The number of halogens is 2. The molecule has 0 aromatic heterocycles. The average molecular weight is 327 g/mol. The highest BCUT2D eigenvalue weighted by Crippen LogP contribution is 2.21. The van der Waals surface area contributed by atoms with Crippen molar-refractivity contribution in [2.45, 2.75) is 18.4 Å². The van der Waals surface area contributed by atoms with E-state index in [1.807, 2.05) is 0 Å². The van der Waals surface area contributed by atoms with E-state index in [-0.39, 0.29) is 17.0 Å². The van der Waals surface area contributed by atoms with Crippen LogP contribution < -0.4 is 9.46 Å². The Morgan fingerprint density at radius 3 is 2.50 bits per heavy atom. The molecule has 0 atom stereocenters. The van der Waals surface area contributed by atoms with Crippen LogP contribution in [0.25, 0.3) is 0 Å². The number of aryl methyl sites for hydroxylation is 1. The van der Waals surface area contributed by atoms with E-state index in [2.05, 4.69) is 4.72 Å². The summed E-state index contributed by atoms with van der Waals surface area (Å²) in [6, 6.07) is 7.25. The summed E-state index contributed by atoms with van der Waals surface area (Å²) in [5.74, 6) is -0.735. The van der Waals surface area contributed by atoms with Crippen LogP contribution in [0, 0.1) is 18.6 Å². The number of nitrogens with one attached hydrogen (secondary N) is 1. The van der Waals surface area contributed by atoms with Crippen molar-refractivity contribution in [2.24, 2.45) is 0 Å². The molecule has 2 aromatic rings. The molecule has 2 aromatic carbocycles. The number of benzene rings is 2. The lowest BCUT2D eigenvalue weighted by Gasteiger charge is -2.10. The molecule has 0 aliphatic carbocycles. The lowest BCUT2D eigenvalue weighted by Crippen LogP contribution is -2.24. The standard InChI is InChI=1S/C15H15F2NO3S/c1-10-7-13(4-6-15(10)21-2)22(19,20)18-9-11-8-12(16)3-5-14(11)17/h3-8,18H,9H2,1-2H3. The molecule has 0 heterocycles. The van der Waals surface area contributed by atoms with Gasteiger partial charge in [-0.2, -0.15) is 0 Å². The summed E-state index contributed by atoms with van der Waals surface area (Å²) in [5.41, 5.74) is 0.594. The molecule has 0 fully saturated rings. The Morgan fingerprint density at radius 1 is 1.14 bits per heavy atom. The molecule has 2 rings (SSSR count). The molecule has 1 N–H and O–H groups in total. The Morgan fingerprint density at radius 2 is 1.86 bits per heavy atom. The quantitative estimate of drug-likeness (QED) is 0.919. The highest BCUT2D eigenvalue weighted by molar-refractivity contribution is 7.89. The Hall–Kier alpha value is -1.99. The van der Waals surface area contributed by atoms with Gasteiger partial charge in [0.15, 0.2) is 0 Å². The summed E-state index contributed by atoms with van der Waals surface area (Å²) >= 11 is 0. The average Bonchev–Trinajstić information content (AvgIpc) is 2.48. The van der Waals surface area contributed by atoms with Crippen molar-refractivity contribution in [1.82, 2.24) is 4.72 Å². The van der Waals surface area contributed by atoms with Crippen LogP contribution in [-0.2, 0) is 16.6 Å². The number of hydrogen-bond acceptors (Lipinski definition) is 3. The van der Waals surface area contributed by atoms with Gasteiger partial charge >= 0.3 is 0 Å². The van der Waals surface area contributed by atoms with Gasteiger partial charge in [-0.15, -0.1) is 0 Å². The minimum Gasteiger partial charge on any atom is -0.496 e. The highest BCUT2D eigenvalue weighted by Gasteiger charge is 2.16. The minimum absolute atomic E-state index is 0.0302. The fraction of sp³-hybridized carbons (Fsp3) is 0.200. The van der Waals surface area contributed by atoms with Gasteiger partial charge in [-0.05, 0) is 48.9 Å². The highest BCUT2D eigenvalue weighted by atomic mass is 32.2. The van der Waals surface area contributed by atoms with Crippen molar-refractivity contribution in [3.05, 3.63) is 59.2 Å². The van der Waals surface area contributed by atoms with E-state index in [0.717, 1.165) is 18.2 Å². The van der Waals surface area contributed by atoms with Gasteiger partial charge in [-0.25, -0.2) is 21.9 Å². The summed E-state index contributed by atoms with van der Waals surface area (Å²) in [7, 11) is -2.34. The maximum atomic E-state index is 13.5. The first-order valence-corrected chi connectivity index (χ1v) is 7.90. The van der Waals surface area contributed by atoms with Crippen molar-refractivity contribution in [1.29, 1.82) is 0 Å². The molecule has 118 valence electrons. The minimum atomic E-state index is -3.83. The first kappa shape index (κ1) is 16.4. The third-order valence-electron chi connectivity index (χ3n) is 3.14. The van der Waals surface area contributed by atoms with Gasteiger partial charge in [0, 0.05) is 12.1 Å². The van der Waals surface area contributed by atoms with Crippen molar-refractivity contribution in [3.63, 3.8) is 0 Å². The van der Waals surface area contributed by atoms with Crippen LogP contribution in [0.3, 0.4) is 0 Å². The van der Waals surface area contributed by atoms with E-state index < -0.39 is 21.7 Å². The summed E-state index contributed by atoms with van der Waals surface area (Å²) in [5, 5.41) is 0. The molecule has 0 amide bonds. The number of ether oxygens (including phenoxy) is 1. The largest absolute Gasteiger partial charge is 0.496 e. The third kappa shape index (κ3) is 3.61. The molecule has 0 saturated heterocycles. The zero-order valence-corrected chi connectivity index (χ0v) is 12.9. The van der Waals surface area contributed by atoms with Crippen LogP contribution in [-0.4, -0.2) is 15.5 Å². The summed E-state index contributed by atoms with van der Waals surface area (Å²) in [4.78, 5) is 0.0302. The van der Waals surface area contributed by atoms with Gasteiger partial charge in [0.2, 0.25) is 10.0 Å². The van der Waals surface area contributed by atoms with Gasteiger partial charge < -0.3 is 4.74 Å². The smallest absolute Gasteiger partial charge is 0.240 e. The molecule has 22 heavy (non-hydrogen) atoms. The van der Waals surface area contributed by atoms with E-state index in [4.69, 9.17) is 4.74 Å². The van der Waals surface area contributed by atoms with Crippen LogP contribution in [0.4, 0.5) is 8.78 Å². The SMILES string of the molecule is COc1ccc(S(=O)(=O)NCc2cc(F)ccc2F)cc1C. The monoisotopic (exact) mass is 327 g/mol. The predicted molar refractivity (Wildman–Crippen MR) is 78.1 cm³/mol. The summed E-state index contributed by atoms with van der Waals surface area (Å²) in [6.45, 7) is 1.38. The molecule has 0 aliphatic rings. The van der Waals surface area contributed by atoms with E-state index in [1.165, 1.54) is 25.3 Å². The molecule has 0 spiro atoms. The number of methoxy groups -OCH3 is 1. The van der Waals surface area contributed by atoms with Gasteiger partial charge in [0.1, 0.15) is 17.4 Å². The summed E-state index contributed by atoms with van der Waals surface area (Å²) < 4.78 is 58.2. The molecule has 0 saturated carbocycles. The predicted octanol–water partition coefficient (Wildman–Crippen LogP) is 2.76. The van der Waals surface area contributed by atoms with E-state index in [1.54, 1.807) is 6.92 Å². The van der Waals surface area contributed by atoms with Crippen LogP contribution in [0.2, 0.25) is 0 Å². The molecule has 4 nitrogen and oxygen atoms in total. The summed E-state index contributed by atoms with van der Waals surface area (Å²) in [6.07, 6.45) is 0. The van der Waals surface area contributed by atoms with Gasteiger partial charge in [0.25, 0.3) is 0 Å². The molecular formula is C15H15F2NO3S. The van der Waals surface area contributed by atoms with Crippen LogP contribution in [0.15, 0.2) is 41.3 Å². The van der Waals surface area contributed by atoms with Gasteiger partial charge in [0.05, 0.1) is 12.0 Å².